The number of rotatable bonds is 7. The molecule has 0 aliphatic heterocycles. The van der Waals surface area contributed by atoms with E-state index in [2.05, 4.69) is 10.6 Å². The smallest absolute Gasteiger partial charge is 0.309 e. The van der Waals surface area contributed by atoms with Crippen molar-refractivity contribution in [3.63, 3.8) is 0 Å². The molecule has 2 rings (SSSR count). The molecule has 146 valence electrons. The first-order chi connectivity index (χ1) is 12.8. The molecule has 0 bridgehead atoms. The van der Waals surface area contributed by atoms with Gasteiger partial charge in [-0.25, -0.2) is 8.42 Å². The predicted molar refractivity (Wildman–Crippen MR) is 106 cm³/mol. The highest BCUT2D eigenvalue weighted by Crippen LogP contribution is 2.31. The van der Waals surface area contributed by atoms with Crippen molar-refractivity contribution in [2.75, 3.05) is 6.54 Å². The molecule has 8 heteroatoms. The van der Waals surface area contributed by atoms with Gasteiger partial charge < -0.3 is 10.6 Å². The first kappa shape index (κ1) is 21.1. The number of aryl methyl sites for hydroxylation is 1. The highest BCUT2D eigenvalue weighted by molar-refractivity contribution is 7.93. The third-order valence-corrected chi connectivity index (χ3v) is 7.78. The molecule has 0 saturated carbocycles. The van der Waals surface area contributed by atoms with E-state index in [0.29, 0.717) is 12.0 Å². The van der Waals surface area contributed by atoms with Gasteiger partial charge >= 0.3 is 11.8 Å². The number of carbonyl (C=O) groups excluding carboxylic acids is 2. The summed E-state index contributed by atoms with van der Waals surface area (Å²) in [7, 11) is -3.70. The number of amides is 2. The highest BCUT2D eigenvalue weighted by atomic mass is 32.2. The quantitative estimate of drug-likeness (QED) is 0.689. The zero-order valence-electron chi connectivity index (χ0n) is 15.6. The number of benzene rings is 1. The van der Waals surface area contributed by atoms with Crippen LogP contribution < -0.4 is 10.6 Å². The second-order valence-corrected chi connectivity index (χ2v) is 9.67. The van der Waals surface area contributed by atoms with Crippen molar-refractivity contribution >= 4 is 33.0 Å². The van der Waals surface area contributed by atoms with Gasteiger partial charge in [-0.15, -0.1) is 11.3 Å². The molecule has 27 heavy (non-hydrogen) atoms. The first-order valence-electron chi connectivity index (χ1n) is 8.68. The van der Waals surface area contributed by atoms with Gasteiger partial charge in [0.05, 0.1) is 0 Å². The summed E-state index contributed by atoms with van der Waals surface area (Å²) in [5, 5.41) is 5.75. The van der Waals surface area contributed by atoms with Gasteiger partial charge in [-0.2, -0.15) is 0 Å². The van der Waals surface area contributed by atoms with Crippen LogP contribution in [0.15, 0.2) is 46.0 Å². The van der Waals surface area contributed by atoms with E-state index < -0.39 is 26.9 Å². The van der Waals surface area contributed by atoms with Crippen molar-refractivity contribution in [2.45, 2.75) is 42.7 Å². The summed E-state index contributed by atoms with van der Waals surface area (Å²) in [4.78, 5) is 24.0. The molecule has 6 nitrogen and oxygen atoms in total. The summed E-state index contributed by atoms with van der Waals surface area (Å²) in [6.07, 6.45) is 0.692. The fourth-order valence-electron chi connectivity index (χ4n) is 2.41. The maximum absolute atomic E-state index is 13.0. The lowest BCUT2D eigenvalue weighted by molar-refractivity contribution is -0.139. The van der Waals surface area contributed by atoms with E-state index in [4.69, 9.17) is 0 Å². The minimum atomic E-state index is -3.70. The van der Waals surface area contributed by atoms with E-state index >= 15 is 0 Å². The molecule has 0 aliphatic rings. The van der Waals surface area contributed by atoms with E-state index in [-0.39, 0.29) is 16.8 Å². The summed E-state index contributed by atoms with van der Waals surface area (Å²) in [5.74, 6) is -1.60. The first-order valence-corrected chi connectivity index (χ1v) is 11.1. The van der Waals surface area contributed by atoms with Crippen LogP contribution >= 0.6 is 11.3 Å². The normalized spacial score (nSPS) is 13.6. The fourth-order valence-corrected chi connectivity index (χ4v) is 5.28. The van der Waals surface area contributed by atoms with Crippen molar-refractivity contribution in [2.24, 2.45) is 0 Å². The number of sulfone groups is 1. The molecule has 0 fully saturated rings. The van der Waals surface area contributed by atoms with Crippen LogP contribution in [0.1, 0.15) is 36.6 Å². The molecule has 0 spiro atoms. The summed E-state index contributed by atoms with van der Waals surface area (Å²) in [6.45, 7) is 5.41. The van der Waals surface area contributed by atoms with E-state index in [0.717, 1.165) is 16.9 Å². The van der Waals surface area contributed by atoms with E-state index in [1.807, 2.05) is 26.0 Å². The Labute approximate surface area is 163 Å². The number of hydrogen-bond donors (Lipinski definition) is 2. The summed E-state index contributed by atoms with van der Waals surface area (Å²) >= 11 is 1.13. The fraction of sp³-hybridized carbons (Fsp3) is 0.368. The maximum atomic E-state index is 13.0. The minimum absolute atomic E-state index is 0.133. The van der Waals surface area contributed by atoms with E-state index in [1.54, 1.807) is 36.6 Å². The zero-order valence-corrected chi connectivity index (χ0v) is 17.2. The second kappa shape index (κ2) is 9.14. The number of carbonyl (C=O) groups is 2. The van der Waals surface area contributed by atoms with Gasteiger partial charge in [0.25, 0.3) is 0 Å². The lowest BCUT2D eigenvalue weighted by atomic mass is 10.1. The zero-order chi connectivity index (χ0) is 20.0. The Morgan fingerprint density at radius 1 is 1.11 bits per heavy atom. The van der Waals surface area contributed by atoms with Crippen LogP contribution in [0.5, 0.6) is 0 Å². The predicted octanol–water partition coefficient (Wildman–Crippen LogP) is 2.60. The molecular weight excluding hydrogens is 384 g/mol. The lowest BCUT2D eigenvalue weighted by Gasteiger charge is -2.18. The molecule has 2 atom stereocenters. The molecule has 0 radical (unpaired) electrons. The second-order valence-electron chi connectivity index (χ2n) is 6.37. The van der Waals surface area contributed by atoms with Crippen LogP contribution in [0.3, 0.4) is 0 Å². The molecule has 1 aromatic carbocycles. The van der Waals surface area contributed by atoms with Crippen molar-refractivity contribution in [1.82, 2.24) is 10.6 Å². The third-order valence-electron chi connectivity index (χ3n) is 4.24. The SMILES string of the molecule is CC[C@@H](C)NC(=O)C(=O)NC[C@H](c1ccc(C)cc1)S(=O)(=O)c1cccs1. The summed E-state index contributed by atoms with van der Waals surface area (Å²) in [6, 6.07) is 10.2. The van der Waals surface area contributed by atoms with Gasteiger partial charge in [-0.1, -0.05) is 42.8 Å². The largest absolute Gasteiger partial charge is 0.346 e. The van der Waals surface area contributed by atoms with Gasteiger partial charge in [0.1, 0.15) is 9.46 Å². The van der Waals surface area contributed by atoms with Crippen LogP contribution in [-0.4, -0.2) is 32.8 Å². The Morgan fingerprint density at radius 2 is 1.78 bits per heavy atom. The van der Waals surface area contributed by atoms with E-state index in [1.165, 1.54) is 0 Å². The van der Waals surface area contributed by atoms with E-state index in [9.17, 15) is 18.0 Å². The number of thiophene rings is 1. The van der Waals surface area contributed by atoms with Crippen LogP contribution in [0.2, 0.25) is 0 Å². The lowest BCUT2D eigenvalue weighted by Crippen LogP contribution is -2.45. The molecule has 1 aromatic heterocycles. The van der Waals surface area contributed by atoms with Gasteiger partial charge in [0.15, 0.2) is 9.84 Å². The minimum Gasteiger partial charge on any atom is -0.346 e. The average Bonchev–Trinajstić information content (AvgIpc) is 3.18. The Morgan fingerprint density at radius 3 is 2.33 bits per heavy atom. The Kier molecular flexibility index (Phi) is 7.15. The molecule has 1 heterocycles. The van der Waals surface area contributed by atoms with Gasteiger partial charge in [-0.3, -0.25) is 9.59 Å². The molecular formula is C19H24N2O4S2. The third kappa shape index (κ3) is 5.40. The van der Waals surface area contributed by atoms with Crippen LogP contribution in [0.4, 0.5) is 0 Å². The number of hydrogen-bond acceptors (Lipinski definition) is 5. The summed E-state index contributed by atoms with van der Waals surface area (Å²) < 4.78 is 26.3. The Bertz CT molecular complexity index is 875. The Balaban J connectivity index is 2.22. The molecule has 2 amide bonds. The number of nitrogens with one attached hydrogen (secondary N) is 2. The molecule has 0 aliphatic carbocycles. The molecule has 2 N–H and O–H groups in total. The summed E-state index contributed by atoms with van der Waals surface area (Å²) in [5.41, 5.74) is 1.57. The van der Waals surface area contributed by atoms with Crippen LogP contribution in [0.25, 0.3) is 0 Å². The van der Waals surface area contributed by atoms with Gasteiger partial charge in [0, 0.05) is 12.6 Å². The average molecular weight is 409 g/mol. The molecule has 2 aromatic rings. The molecule has 0 unspecified atom stereocenters. The standard InChI is InChI=1S/C19H24N2O4S2/c1-4-14(3)21-19(23)18(22)20-12-16(15-9-7-13(2)8-10-15)27(24,25)17-6-5-11-26-17/h5-11,14,16H,4,12H2,1-3H3,(H,20,22)(H,21,23)/t14-,16-/m1/s1. The van der Waals surface area contributed by atoms with Gasteiger partial charge in [0.2, 0.25) is 0 Å². The van der Waals surface area contributed by atoms with Crippen molar-refractivity contribution in [1.29, 1.82) is 0 Å². The van der Waals surface area contributed by atoms with Crippen LogP contribution in [0, 0.1) is 6.92 Å². The van der Waals surface area contributed by atoms with Gasteiger partial charge in [-0.05, 0) is 37.3 Å². The monoisotopic (exact) mass is 408 g/mol. The van der Waals surface area contributed by atoms with Crippen molar-refractivity contribution in [3.8, 4) is 0 Å². The topological polar surface area (TPSA) is 92.3 Å². The van der Waals surface area contributed by atoms with Crippen molar-refractivity contribution in [3.05, 3.63) is 52.9 Å². The molecule has 0 saturated heterocycles. The highest BCUT2D eigenvalue weighted by Gasteiger charge is 2.31. The van der Waals surface area contributed by atoms with Crippen molar-refractivity contribution < 1.29 is 18.0 Å². The van der Waals surface area contributed by atoms with Crippen LogP contribution in [-0.2, 0) is 19.4 Å². The maximum Gasteiger partial charge on any atom is 0.309 e. The Hall–Kier alpha value is -2.19.